The molecule has 1 heterocycles. The second-order valence-electron chi connectivity index (χ2n) is 3.75. The summed E-state index contributed by atoms with van der Waals surface area (Å²) in [6, 6.07) is 10.5. The molecule has 2 rings (SSSR count). The van der Waals surface area contributed by atoms with Crippen LogP contribution in [0.1, 0.15) is 15.9 Å². The highest BCUT2D eigenvalue weighted by molar-refractivity contribution is 5.94. The molecule has 0 radical (unpaired) electrons. The Balaban J connectivity index is 2.10. The Morgan fingerprint density at radius 3 is 2.61 bits per heavy atom. The summed E-state index contributed by atoms with van der Waals surface area (Å²) in [5, 5.41) is 0. The van der Waals surface area contributed by atoms with Gasteiger partial charge in [0.05, 0.1) is 0 Å². The van der Waals surface area contributed by atoms with Gasteiger partial charge in [-0.25, -0.2) is 4.98 Å². The molecule has 0 saturated heterocycles. The zero-order valence-corrected chi connectivity index (χ0v) is 9.67. The van der Waals surface area contributed by atoms with E-state index in [2.05, 4.69) is 4.98 Å². The number of nitrogens with two attached hydrogens (primary N) is 2. The number of anilines is 1. The van der Waals surface area contributed by atoms with Gasteiger partial charge in [0.2, 0.25) is 5.88 Å². The number of ether oxygens (including phenoxy) is 1. The summed E-state index contributed by atoms with van der Waals surface area (Å²) in [7, 11) is 0. The zero-order chi connectivity index (χ0) is 13.0. The van der Waals surface area contributed by atoms with E-state index in [1.165, 1.54) is 0 Å². The standard InChI is InChI=1S/C13H13N3O2/c14-10-5-3-9(4-6-10)8-18-13-11(12(15)17)2-1-7-16-13/h1-7H,8,14H2,(H2,15,17). The number of benzene rings is 1. The van der Waals surface area contributed by atoms with Gasteiger partial charge in [-0.05, 0) is 29.8 Å². The summed E-state index contributed by atoms with van der Waals surface area (Å²) in [4.78, 5) is 15.1. The lowest BCUT2D eigenvalue weighted by molar-refractivity contribution is 0.0995. The number of carbonyl (C=O) groups is 1. The van der Waals surface area contributed by atoms with Crippen molar-refractivity contribution in [2.75, 3.05) is 5.73 Å². The summed E-state index contributed by atoms with van der Waals surface area (Å²) in [5.41, 5.74) is 12.7. The number of rotatable bonds is 4. The minimum absolute atomic E-state index is 0.238. The maximum Gasteiger partial charge on any atom is 0.254 e. The Morgan fingerprint density at radius 2 is 1.94 bits per heavy atom. The molecule has 18 heavy (non-hydrogen) atoms. The first-order chi connectivity index (χ1) is 8.66. The highest BCUT2D eigenvalue weighted by Gasteiger charge is 2.09. The Kier molecular flexibility index (Phi) is 3.43. The van der Waals surface area contributed by atoms with E-state index in [4.69, 9.17) is 16.2 Å². The number of hydrogen-bond acceptors (Lipinski definition) is 4. The fourth-order valence-electron chi connectivity index (χ4n) is 1.46. The number of nitrogen functional groups attached to an aromatic ring is 1. The van der Waals surface area contributed by atoms with Crippen LogP contribution in [0.3, 0.4) is 0 Å². The van der Waals surface area contributed by atoms with Gasteiger partial charge in [-0.2, -0.15) is 0 Å². The van der Waals surface area contributed by atoms with Gasteiger partial charge in [-0.15, -0.1) is 0 Å². The van der Waals surface area contributed by atoms with E-state index < -0.39 is 5.91 Å². The first-order valence-corrected chi connectivity index (χ1v) is 5.39. The van der Waals surface area contributed by atoms with Crippen LogP contribution in [0.5, 0.6) is 5.88 Å². The van der Waals surface area contributed by atoms with Crippen molar-refractivity contribution in [3.63, 3.8) is 0 Å². The number of primary amides is 1. The van der Waals surface area contributed by atoms with Crippen LogP contribution >= 0.6 is 0 Å². The number of nitrogens with zero attached hydrogens (tertiary/aromatic N) is 1. The summed E-state index contributed by atoms with van der Waals surface area (Å²) < 4.78 is 5.47. The molecule has 1 aromatic heterocycles. The van der Waals surface area contributed by atoms with Crippen molar-refractivity contribution in [2.45, 2.75) is 6.61 Å². The molecule has 0 aliphatic heterocycles. The van der Waals surface area contributed by atoms with Gasteiger partial charge in [0.25, 0.3) is 5.91 Å². The zero-order valence-electron chi connectivity index (χ0n) is 9.67. The average Bonchev–Trinajstić information content (AvgIpc) is 2.38. The second-order valence-corrected chi connectivity index (χ2v) is 3.75. The molecule has 0 bridgehead atoms. The third kappa shape index (κ3) is 2.76. The lowest BCUT2D eigenvalue weighted by Gasteiger charge is -2.08. The Hall–Kier alpha value is -2.56. The molecule has 4 N–H and O–H groups in total. The van der Waals surface area contributed by atoms with Crippen LogP contribution in [0.25, 0.3) is 0 Å². The lowest BCUT2D eigenvalue weighted by Crippen LogP contribution is -2.13. The third-order valence-electron chi connectivity index (χ3n) is 2.39. The van der Waals surface area contributed by atoms with E-state index in [0.29, 0.717) is 12.3 Å². The number of pyridine rings is 1. The Morgan fingerprint density at radius 1 is 1.22 bits per heavy atom. The van der Waals surface area contributed by atoms with Gasteiger partial charge >= 0.3 is 0 Å². The van der Waals surface area contributed by atoms with Crippen molar-refractivity contribution >= 4 is 11.6 Å². The van der Waals surface area contributed by atoms with E-state index in [1.54, 1.807) is 30.5 Å². The van der Waals surface area contributed by atoms with Crippen LogP contribution in [0, 0.1) is 0 Å². The molecule has 92 valence electrons. The van der Waals surface area contributed by atoms with Gasteiger partial charge in [-0.3, -0.25) is 4.79 Å². The first-order valence-electron chi connectivity index (χ1n) is 5.39. The van der Waals surface area contributed by atoms with E-state index >= 15 is 0 Å². The first kappa shape index (κ1) is 11.9. The van der Waals surface area contributed by atoms with E-state index in [-0.39, 0.29) is 11.4 Å². The molecule has 5 nitrogen and oxygen atoms in total. The summed E-state index contributed by atoms with van der Waals surface area (Å²) in [5.74, 6) is -0.322. The summed E-state index contributed by atoms with van der Waals surface area (Å²) >= 11 is 0. The normalized spacial score (nSPS) is 10.0. The van der Waals surface area contributed by atoms with E-state index in [9.17, 15) is 4.79 Å². The molecular formula is C13H13N3O2. The molecule has 0 aliphatic rings. The SMILES string of the molecule is NC(=O)c1cccnc1OCc1ccc(N)cc1. The number of amides is 1. The van der Waals surface area contributed by atoms with Gasteiger partial charge in [-0.1, -0.05) is 12.1 Å². The average molecular weight is 243 g/mol. The maximum atomic E-state index is 11.2. The van der Waals surface area contributed by atoms with Crippen molar-refractivity contribution in [1.29, 1.82) is 0 Å². The van der Waals surface area contributed by atoms with Gasteiger partial charge in [0.15, 0.2) is 0 Å². The minimum Gasteiger partial charge on any atom is -0.472 e. The number of hydrogen-bond donors (Lipinski definition) is 2. The van der Waals surface area contributed by atoms with Crippen molar-refractivity contribution < 1.29 is 9.53 Å². The van der Waals surface area contributed by atoms with Crippen LogP contribution in [0.4, 0.5) is 5.69 Å². The molecule has 0 saturated carbocycles. The van der Waals surface area contributed by atoms with E-state index in [0.717, 1.165) is 5.56 Å². The van der Waals surface area contributed by atoms with Gasteiger partial charge in [0.1, 0.15) is 12.2 Å². The monoisotopic (exact) mass is 243 g/mol. The van der Waals surface area contributed by atoms with Crippen LogP contribution in [-0.4, -0.2) is 10.9 Å². The number of aromatic nitrogens is 1. The third-order valence-corrected chi connectivity index (χ3v) is 2.39. The Bertz CT molecular complexity index is 552. The minimum atomic E-state index is -0.560. The van der Waals surface area contributed by atoms with Crippen LogP contribution in [0.15, 0.2) is 42.6 Å². The molecule has 0 spiro atoms. The lowest BCUT2D eigenvalue weighted by atomic mass is 10.2. The van der Waals surface area contributed by atoms with Gasteiger partial charge < -0.3 is 16.2 Å². The fourth-order valence-corrected chi connectivity index (χ4v) is 1.46. The molecule has 0 atom stereocenters. The molecule has 5 heteroatoms. The van der Waals surface area contributed by atoms with Crippen molar-refractivity contribution in [2.24, 2.45) is 5.73 Å². The molecule has 2 aromatic rings. The van der Waals surface area contributed by atoms with Crippen molar-refractivity contribution in [3.05, 3.63) is 53.7 Å². The van der Waals surface area contributed by atoms with Gasteiger partial charge in [0, 0.05) is 11.9 Å². The van der Waals surface area contributed by atoms with Crippen LogP contribution < -0.4 is 16.2 Å². The summed E-state index contributed by atoms with van der Waals surface area (Å²) in [6.07, 6.45) is 1.55. The second kappa shape index (κ2) is 5.18. The molecule has 0 fully saturated rings. The van der Waals surface area contributed by atoms with Crippen molar-refractivity contribution in [3.8, 4) is 5.88 Å². The molecule has 1 amide bonds. The topological polar surface area (TPSA) is 91.2 Å². The highest BCUT2D eigenvalue weighted by Crippen LogP contribution is 2.15. The quantitative estimate of drug-likeness (QED) is 0.793. The summed E-state index contributed by atoms with van der Waals surface area (Å²) in [6.45, 7) is 0.303. The fraction of sp³-hybridized carbons (Fsp3) is 0.0769. The number of carbonyl (C=O) groups excluding carboxylic acids is 1. The van der Waals surface area contributed by atoms with Crippen LogP contribution in [-0.2, 0) is 6.61 Å². The maximum absolute atomic E-state index is 11.2. The molecule has 0 aliphatic carbocycles. The smallest absolute Gasteiger partial charge is 0.254 e. The molecular weight excluding hydrogens is 230 g/mol. The molecule has 0 unspecified atom stereocenters. The van der Waals surface area contributed by atoms with E-state index in [1.807, 2.05) is 12.1 Å². The highest BCUT2D eigenvalue weighted by atomic mass is 16.5. The van der Waals surface area contributed by atoms with Crippen LogP contribution in [0.2, 0.25) is 0 Å². The predicted molar refractivity (Wildman–Crippen MR) is 67.9 cm³/mol. The predicted octanol–water partition coefficient (Wildman–Crippen LogP) is 1.34. The Labute approximate surface area is 104 Å². The van der Waals surface area contributed by atoms with Crippen molar-refractivity contribution in [1.82, 2.24) is 4.98 Å². The largest absolute Gasteiger partial charge is 0.472 e. The molecule has 1 aromatic carbocycles.